The molecule has 0 spiro atoms. The van der Waals surface area contributed by atoms with Crippen LogP contribution in [0.1, 0.15) is 108 Å². The molecule has 1 aromatic rings. The molecule has 1 fully saturated rings. The van der Waals surface area contributed by atoms with Gasteiger partial charge in [0.05, 0.1) is 0 Å². The molecule has 0 aromatic heterocycles. The molecule has 2 rings (SSSR count). The van der Waals surface area contributed by atoms with Crippen LogP contribution in [0, 0.1) is 5.92 Å². The lowest BCUT2D eigenvalue weighted by Gasteiger charge is -2.37. The molecule has 1 amide bonds. The van der Waals surface area contributed by atoms with Crippen molar-refractivity contribution in [3.63, 3.8) is 0 Å². The van der Waals surface area contributed by atoms with Crippen LogP contribution in [0.15, 0.2) is 30.3 Å². The minimum absolute atomic E-state index is 0.149. The molecule has 0 atom stereocenters. The lowest BCUT2D eigenvalue weighted by atomic mass is 9.94. The predicted octanol–water partition coefficient (Wildman–Crippen LogP) is 6.78. The molecule has 1 aliphatic heterocycles. The van der Waals surface area contributed by atoms with E-state index in [1.807, 2.05) is 30.3 Å². The maximum Gasteiger partial charge on any atom is 0.410 e. The number of piperidine rings is 1. The first-order valence-electron chi connectivity index (χ1n) is 15.5. The Bertz CT molecular complexity index is 676. The van der Waals surface area contributed by atoms with Gasteiger partial charge in [-0.3, -0.25) is 0 Å². The second kappa shape index (κ2) is 21.2. The Hall–Kier alpha value is -1.63. The van der Waals surface area contributed by atoms with Gasteiger partial charge >= 0.3 is 6.09 Å². The first kappa shape index (κ1) is 32.6. The Balaban J connectivity index is 1.99. The average molecular weight is 533 g/mol. The van der Waals surface area contributed by atoms with E-state index in [-0.39, 0.29) is 12.1 Å². The van der Waals surface area contributed by atoms with Gasteiger partial charge in [-0.05, 0) is 70.1 Å². The van der Waals surface area contributed by atoms with Crippen molar-refractivity contribution in [2.75, 3.05) is 39.9 Å². The summed E-state index contributed by atoms with van der Waals surface area (Å²) in [7, 11) is 2.19. The van der Waals surface area contributed by atoms with E-state index in [1.165, 1.54) is 38.5 Å². The van der Waals surface area contributed by atoms with E-state index in [0.29, 0.717) is 25.7 Å². The Morgan fingerprint density at radius 1 is 0.842 bits per heavy atom. The molecule has 6 heteroatoms. The number of amides is 1. The number of nitrogens with zero attached hydrogens (tertiary/aromatic N) is 2. The molecular formula is C32H56N2O4. The van der Waals surface area contributed by atoms with E-state index >= 15 is 0 Å². The van der Waals surface area contributed by atoms with Gasteiger partial charge in [0.25, 0.3) is 0 Å². The van der Waals surface area contributed by atoms with Gasteiger partial charge in [-0.1, -0.05) is 94.5 Å². The second-order valence-corrected chi connectivity index (χ2v) is 11.4. The van der Waals surface area contributed by atoms with Crippen molar-refractivity contribution in [1.29, 1.82) is 0 Å². The summed E-state index contributed by atoms with van der Waals surface area (Å²) >= 11 is 0. The number of unbranched alkanes of at least 4 members (excludes halogenated alkanes) is 10. The predicted molar refractivity (Wildman–Crippen MR) is 156 cm³/mol. The number of hydrogen-bond acceptors (Lipinski definition) is 5. The monoisotopic (exact) mass is 532 g/mol. The van der Waals surface area contributed by atoms with Crippen LogP contribution in [0.3, 0.4) is 0 Å². The number of rotatable bonds is 21. The van der Waals surface area contributed by atoms with Gasteiger partial charge in [0, 0.05) is 25.8 Å². The molecule has 1 aromatic carbocycles. The van der Waals surface area contributed by atoms with Crippen LogP contribution in [-0.4, -0.2) is 72.0 Å². The zero-order valence-electron chi connectivity index (χ0n) is 24.2. The fourth-order valence-electron chi connectivity index (χ4n) is 5.55. The van der Waals surface area contributed by atoms with Gasteiger partial charge in [0.2, 0.25) is 0 Å². The summed E-state index contributed by atoms with van der Waals surface area (Å²) in [5.41, 5.74) is 1.03. The van der Waals surface area contributed by atoms with Crippen molar-refractivity contribution in [2.45, 2.75) is 115 Å². The molecule has 6 nitrogen and oxygen atoms in total. The van der Waals surface area contributed by atoms with Crippen molar-refractivity contribution in [1.82, 2.24) is 9.80 Å². The number of benzene rings is 1. The average Bonchev–Trinajstić information content (AvgIpc) is 2.94. The second-order valence-electron chi connectivity index (χ2n) is 11.4. The summed E-state index contributed by atoms with van der Waals surface area (Å²) in [6, 6.07) is 10.2. The Morgan fingerprint density at radius 2 is 1.34 bits per heavy atom. The van der Waals surface area contributed by atoms with Crippen LogP contribution in [-0.2, 0) is 11.3 Å². The first-order chi connectivity index (χ1) is 18.6. The molecule has 1 heterocycles. The minimum atomic E-state index is -0.149. The highest BCUT2D eigenvalue weighted by molar-refractivity contribution is 5.68. The lowest BCUT2D eigenvalue weighted by Crippen LogP contribution is -2.45. The molecule has 0 saturated carbocycles. The summed E-state index contributed by atoms with van der Waals surface area (Å²) in [6.07, 6.45) is 17.6. The fraction of sp³-hybridized carbons (Fsp3) is 0.781. The number of carbonyl (C=O) groups excluding carboxylic acids is 1. The number of ether oxygens (including phenoxy) is 1. The van der Waals surface area contributed by atoms with Gasteiger partial charge in [-0.15, -0.1) is 0 Å². The molecular weight excluding hydrogens is 476 g/mol. The van der Waals surface area contributed by atoms with Crippen LogP contribution in [0.25, 0.3) is 0 Å². The zero-order chi connectivity index (χ0) is 27.3. The molecule has 2 N–H and O–H groups in total. The number of likely N-dealkylation sites (tertiary alicyclic amines) is 1. The maximum absolute atomic E-state index is 13.6. The van der Waals surface area contributed by atoms with Crippen LogP contribution < -0.4 is 0 Å². The van der Waals surface area contributed by atoms with Gasteiger partial charge in [0.15, 0.2) is 0 Å². The van der Waals surface area contributed by atoms with Gasteiger partial charge in [0.1, 0.15) is 6.61 Å². The van der Waals surface area contributed by atoms with Gasteiger partial charge in [-0.25, -0.2) is 4.79 Å². The SMILES string of the molecule is CN1CCC(CN(C(=O)OCc2ccccc2)C(CCCCCCCCO)CCCCCCCCO)CC1. The molecule has 0 bridgehead atoms. The van der Waals surface area contributed by atoms with Gasteiger partial charge < -0.3 is 24.7 Å². The third kappa shape index (κ3) is 14.5. The maximum atomic E-state index is 13.6. The van der Waals surface area contributed by atoms with Crippen LogP contribution in [0.4, 0.5) is 4.79 Å². The van der Waals surface area contributed by atoms with E-state index in [9.17, 15) is 4.79 Å². The van der Waals surface area contributed by atoms with E-state index < -0.39 is 0 Å². The van der Waals surface area contributed by atoms with Crippen LogP contribution in [0.5, 0.6) is 0 Å². The number of carbonyl (C=O) groups is 1. The quantitative estimate of drug-likeness (QED) is 0.171. The highest BCUT2D eigenvalue weighted by Crippen LogP contribution is 2.25. The third-order valence-corrected chi connectivity index (χ3v) is 8.06. The van der Waals surface area contributed by atoms with Crippen molar-refractivity contribution < 1.29 is 19.7 Å². The van der Waals surface area contributed by atoms with E-state index in [1.54, 1.807) is 0 Å². The normalized spacial score (nSPS) is 14.7. The molecule has 0 unspecified atom stereocenters. The first-order valence-corrected chi connectivity index (χ1v) is 15.5. The number of hydrogen-bond donors (Lipinski definition) is 2. The Kier molecular flexibility index (Phi) is 18.2. The minimum Gasteiger partial charge on any atom is -0.445 e. The topological polar surface area (TPSA) is 73.2 Å². The van der Waals surface area contributed by atoms with E-state index in [0.717, 1.165) is 89.4 Å². The summed E-state index contributed by atoms with van der Waals surface area (Å²) < 4.78 is 5.91. The number of aliphatic hydroxyl groups excluding tert-OH is 2. The molecule has 0 aliphatic carbocycles. The summed E-state index contributed by atoms with van der Waals surface area (Å²) in [5.74, 6) is 0.537. The Morgan fingerprint density at radius 3 is 1.87 bits per heavy atom. The van der Waals surface area contributed by atoms with Crippen LogP contribution >= 0.6 is 0 Å². The zero-order valence-corrected chi connectivity index (χ0v) is 24.2. The van der Waals surface area contributed by atoms with Crippen molar-refractivity contribution >= 4 is 6.09 Å². The van der Waals surface area contributed by atoms with Crippen molar-refractivity contribution in [3.8, 4) is 0 Å². The van der Waals surface area contributed by atoms with Crippen molar-refractivity contribution in [3.05, 3.63) is 35.9 Å². The van der Waals surface area contributed by atoms with Gasteiger partial charge in [-0.2, -0.15) is 0 Å². The van der Waals surface area contributed by atoms with Crippen molar-refractivity contribution in [2.24, 2.45) is 5.92 Å². The lowest BCUT2D eigenvalue weighted by molar-refractivity contribution is 0.0607. The molecule has 1 aliphatic rings. The number of aliphatic hydroxyl groups is 2. The highest BCUT2D eigenvalue weighted by atomic mass is 16.6. The Labute approximate surface area is 232 Å². The molecule has 0 radical (unpaired) electrons. The van der Waals surface area contributed by atoms with E-state index in [2.05, 4.69) is 16.8 Å². The summed E-state index contributed by atoms with van der Waals surface area (Å²) in [5, 5.41) is 18.0. The third-order valence-electron chi connectivity index (χ3n) is 8.06. The largest absolute Gasteiger partial charge is 0.445 e. The smallest absolute Gasteiger partial charge is 0.410 e. The van der Waals surface area contributed by atoms with E-state index in [4.69, 9.17) is 14.9 Å². The fourth-order valence-corrected chi connectivity index (χ4v) is 5.55. The summed E-state index contributed by atoms with van der Waals surface area (Å²) in [6.45, 7) is 3.91. The molecule has 1 saturated heterocycles. The highest BCUT2D eigenvalue weighted by Gasteiger charge is 2.29. The summed E-state index contributed by atoms with van der Waals surface area (Å²) in [4.78, 5) is 18.1. The molecule has 218 valence electrons. The van der Waals surface area contributed by atoms with Crippen LogP contribution in [0.2, 0.25) is 0 Å². The standard InChI is InChI=1S/C32H56N2O4/c1-33-23-21-29(22-24-33)27-34(32(37)38-28-30-17-11-10-12-18-30)31(19-13-6-2-4-8-15-25-35)20-14-7-3-5-9-16-26-36/h10-12,17-18,29,31,35-36H,2-9,13-16,19-28H2,1H3. The molecule has 38 heavy (non-hydrogen) atoms.